The Morgan fingerprint density at radius 3 is 2.75 bits per heavy atom. The van der Waals surface area contributed by atoms with Crippen LogP contribution in [0.2, 0.25) is 0 Å². The molecule has 0 spiro atoms. The lowest BCUT2D eigenvalue weighted by Crippen LogP contribution is -2.59. The molecule has 2 aromatic rings. The van der Waals surface area contributed by atoms with E-state index in [2.05, 4.69) is 15.0 Å². The van der Waals surface area contributed by atoms with Crippen molar-refractivity contribution < 1.29 is 8.42 Å². The molecule has 108 valence electrons. The number of sulfonamides is 1. The summed E-state index contributed by atoms with van der Waals surface area (Å²) in [6, 6.07) is 3.79. The van der Waals surface area contributed by atoms with Crippen molar-refractivity contribution in [1.82, 2.24) is 18.9 Å². The molecule has 3 heterocycles. The predicted octanol–water partition coefficient (Wildman–Crippen LogP) is -0.608. The molecule has 0 bridgehead atoms. The first-order chi connectivity index (χ1) is 9.34. The Kier molecular flexibility index (Phi) is 2.83. The second-order valence-corrected chi connectivity index (χ2v) is 7.04. The van der Waals surface area contributed by atoms with Gasteiger partial charge in [0.25, 0.3) is 0 Å². The summed E-state index contributed by atoms with van der Waals surface area (Å²) < 4.78 is 26.0. The zero-order valence-electron chi connectivity index (χ0n) is 11.3. The van der Waals surface area contributed by atoms with Crippen LogP contribution in [0.4, 0.5) is 11.6 Å². The lowest BCUT2D eigenvalue weighted by atomic mass is 10.1. The maximum Gasteiger partial charge on any atom is 0.240 e. The van der Waals surface area contributed by atoms with Gasteiger partial charge in [0.15, 0.2) is 5.65 Å². The van der Waals surface area contributed by atoms with Crippen molar-refractivity contribution in [3.8, 4) is 0 Å². The molecule has 1 fully saturated rings. The molecule has 3 rings (SSSR count). The number of likely N-dealkylation sites (N-methyl/N-ethyl adjacent to an activating group) is 1. The van der Waals surface area contributed by atoms with Crippen molar-refractivity contribution in [3.63, 3.8) is 0 Å². The highest BCUT2D eigenvalue weighted by atomic mass is 32.2. The summed E-state index contributed by atoms with van der Waals surface area (Å²) in [6.07, 6.45) is 3.06. The minimum atomic E-state index is -3.14. The number of nitrogen functional groups attached to an aromatic ring is 1. The van der Waals surface area contributed by atoms with Gasteiger partial charge in [-0.15, -0.1) is 5.10 Å². The highest BCUT2D eigenvalue weighted by Gasteiger charge is 2.34. The summed E-state index contributed by atoms with van der Waals surface area (Å²) >= 11 is 0. The Hall–Kier alpha value is -1.87. The van der Waals surface area contributed by atoms with Gasteiger partial charge in [0, 0.05) is 20.1 Å². The van der Waals surface area contributed by atoms with Gasteiger partial charge >= 0.3 is 0 Å². The summed E-state index contributed by atoms with van der Waals surface area (Å²) in [5, 5.41) is 4.06. The van der Waals surface area contributed by atoms with Crippen LogP contribution in [0, 0.1) is 0 Å². The number of anilines is 2. The highest BCUT2D eigenvalue weighted by Crippen LogP contribution is 2.24. The first-order valence-corrected chi connectivity index (χ1v) is 7.99. The molecule has 0 radical (unpaired) electrons. The van der Waals surface area contributed by atoms with Gasteiger partial charge in [-0.05, 0) is 12.1 Å². The number of pyridine rings is 1. The van der Waals surface area contributed by atoms with Crippen molar-refractivity contribution in [2.75, 3.05) is 37.0 Å². The quantitative estimate of drug-likeness (QED) is 0.811. The van der Waals surface area contributed by atoms with Gasteiger partial charge in [-0.3, -0.25) is 0 Å². The van der Waals surface area contributed by atoms with Crippen LogP contribution in [0.25, 0.3) is 5.65 Å². The lowest BCUT2D eigenvalue weighted by molar-refractivity contribution is 0.312. The van der Waals surface area contributed by atoms with Gasteiger partial charge in [-0.25, -0.2) is 12.9 Å². The Balaban J connectivity index is 1.75. The average molecular weight is 296 g/mol. The maximum atomic E-state index is 11.5. The first-order valence-electron chi connectivity index (χ1n) is 6.14. The number of aromatic nitrogens is 3. The van der Waals surface area contributed by atoms with Crippen LogP contribution in [0.5, 0.6) is 0 Å². The summed E-state index contributed by atoms with van der Waals surface area (Å²) in [4.78, 5) is 6.14. The van der Waals surface area contributed by atoms with Crippen LogP contribution in [0.1, 0.15) is 0 Å². The number of hydrogen-bond donors (Lipinski definition) is 1. The molecule has 0 atom stereocenters. The van der Waals surface area contributed by atoms with E-state index in [1.54, 1.807) is 11.6 Å². The van der Waals surface area contributed by atoms with E-state index >= 15 is 0 Å². The van der Waals surface area contributed by atoms with Gasteiger partial charge in [-0.2, -0.15) is 9.29 Å². The molecule has 0 aromatic carbocycles. The monoisotopic (exact) mass is 296 g/mol. The molecular formula is C11H16N6O2S. The second kappa shape index (κ2) is 4.32. The topological polar surface area (TPSA) is 96.8 Å². The average Bonchev–Trinajstić information content (AvgIpc) is 2.65. The third kappa shape index (κ3) is 2.18. The number of hydrogen-bond acceptors (Lipinski definition) is 6. The second-order valence-electron chi connectivity index (χ2n) is 5.00. The van der Waals surface area contributed by atoms with Gasteiger partial charge < -0.3 is 10.6 Å². The zero-order valence-corrected chi connectivity index (χ0v) is 12.1. The molecule has 2 N–H and O–H groups in total. The Labute approximate surface area is 116 Å². The first kappa shape index (κ1) is 13.1. The molecule has 9 heteroatoms. The largest absolute Gasteiger partial charge is 0.367 e. The Morgan fingerprint density at radius 2 is 2.10 bits per heavy atom. The Morgan fingerprint density at radius 1 is 1.40 bits per heavy atom. The SMILES string of the molecule is CN(C1CN(c2ccc3nc(N)nn3c2)C1)S(C)(=O)=O. The fourth-order valence-electron chi connectivity index (χ4n) is 2.24. The third-order valence-electron chi connectivity index (χ3n) is 3.60. The molecule has 0 amide bonds. The number of fused-ring (bicyclic) bond motifs is 1. The van der Waals surface area contributed by atoms with Crippen molar-refractivity contribution in [2.24, 2.45) is 0 Å². The molecule has 20 heavy (non-hydrogen) atoms. The van der Waals surface area contributed by atoms with E-state index < -0.39 is 10.0 Å². The van der Waals surface area contributed by atoms with E-state index in [1.165, 1.54) is 10.6 Å². The van der Waals surface area contributed by atoms with Crippen molar-refractivity contribution >= 4 is 27.3 Å². The lowest BCUT2D eigenvalue weighted by Gasteiger charge is -2.44. The van der Waals surface area contributed by atoms with Crippen LogP contribution >= 0.6 is 0 Å². The van der Waals surface area contributed by atoms with Gasteiger partial charge in [0.1, 0.15) is 0 Å². The Bertz CT molecular complexity index is 749. The summed E-state index contributed by atoms with van der Waals surface area (Å²) in [5.74, 6) is 0.237. The van der Waals surface area contributed by atoms with Crippen molar-refractivity contribution in [1.29, 1.82) is 0 Å². The van der Waals surface area contributed by atoms with E-state index in [9.17, 15) is 8.42 Å². The molecule has 0 unspecified atom stereocenters. The fourth-order valence-corrected chi connectivity index (χ4v) is 2.92. The van der Waals surface area contributed by atoms with E-state index in [0.29, 0.717) is 18.7 Å². The summed E-state index contributed by atoms with van der Waals surface area (Å²) in [6.45, 7) is 1.33. The van der Waals surface area contributed by atoms with Crippen LogP contribution in [-0.2, 0) is 10.0 Å². The van der Waals surface area contributed by atoms with Crippen LogP contribution in [0.15, 0.2) is 18.3 Å². The molecular weight excluding hydrogens is 280 g/mol. The fraction of sp³-hybridized carbons (Fsp3) is 0.455. The summed E-state index contributed by atoms with van der Waals surface area (Å²) in [7, 11) is -1.53. The standard InChI is InChI=1S/C11H16N6O2S/c1-15(20(2,18)19)9-5-16(6-9)8-3-4-10-13-11(12)14-17(10)7-8/h3-4,7,9H,5-6H2,1-2H3,(H2,12,14). The van der Waals surface area contributed by atoms with Crippen LogP contribution in [0.3, 0.4) is 0 Å². The van der Waals surface area contributed by atoms with E-state index in [0.717, 1.165) is 5.69 Å². The molecule has 1 saturated heterocycles. The van der Waals surface area contributed by atoms with Crippen LogP contribution in [-0.4, -0.2) is 59.8 Å². The number of rotatable bonds is 3. The predicted molar refractivity (Wildman–Crippen MR) is 76.0 cm³/mol. The molecule has 0 aliphatic carbocycles. The highest BCUT2D eigenvalue weighted by molar-refractivity contribution is 7.88. The molecule has 2 aromatic heterocycles. The minimum absolute atomic E-state index is 0.0153. The third-order valence-corrected chi connectivity index (χ3v) is 4.94. The van der Waals surface area contributed by atoms with E-state index in [-0.39, 0.29) is 12.0 Å². The van der Waals surface area contributed by atoms with Crippen LogP contribution < -0.4 is 10.6 Å². The van der Waals surface area contributed by atoms with Gasteiger partial charge in [-0.1, -0.05) is 0 Å². The van der Waals surface area contributed by atoms with E-state index in [4.69, 9.17) is 5.73 Å². The normalized spacial score (nSPS) is 16.9. The maximum absolute atomic E-state index is 11.5. The molecule has 1 aliphatic rings. The minimum Gasteiger partial charge on any atom is -0.367 e. The van der Waals surface area contributed by atoms with Gasteiger partial charge in [0.2, 0.25) is 16.0 Å². The van der Waals surface area contributed by atoms with Crippen molar-refractivity contribution in [2.45, 2.75) is 6.04 Å². The molecule has 1 aliphatic heterocycles. The van der Waals surface area contributed by atoms with E-state index in [1.807, 2.05) is 18.3 Å². The molecule has 8 nitrogen and oxygen atoms in total. The van der Waals surface area contributed by atoms with Gasteiger partial charge in [0.05, 0.1) is 24.2 Å². The number of nitrogens with zero attached hydrogens (tertiary/aromatic N) is 5. The zero-order chi connectivity index (χ0) is 14.5. The smallest absolute Gasteiger partial charge is 0.240 e. The summed E-state index contributed by atoms with van der Waals surface area (Å²) in [5.41, 5.74) is 7.21. The van der Waals surface area contributed by atoms with Crippen molar-refractivity contribution in [3.05, 3.63) is 18.3 Å². The molecule has 0 saturated carbocycles. The number of nitrogens with two attached hydrogens (primary N) is 1.